The quantitative estimate of drug-likeness (QED) is 0.535. The van der Waals surface area contributed by atoms with E-state index in [0.29, 0.717) is 21.6 Å². The molecule has 2 amide bonds. The van der Waals surface area contributed by atoms with Crippen LogP contribution in [0.2, 0.25) is 5.02 Å². The fraction of sp³-hybridized carbons (Fsp3) is 0.0588. The molecule has 3 aromatic rings. The number of halogens is 2. The lowest BCUT2D eigenvalue weighted by Crippen LogP contribution is -2.19. The molecular formula is C17H13BrClN3O2S. The van der Waals surface area contributed by atoms with Crippen LogP contribution in [0.1, 0.15) is 0 Å². The molecule has 0 fully saturated rings. The molecule has 2 aromatic carbocycles. The third-order valence-electron chi connectivity index (χ3n) is 3.27. The van der Waals surface area contributed by atoms with Crippen LogP contribution in [-0.4, -0.2) is 18.1 Å². The molecule has 25 heavy (non-hydrogen) atoms. The van der Waals surface area contributed by atoms with Crippen molar-refractivity contribution in [3.63, 3.8) is 0 Å². The van der Waals surface area contributed by atoms with E-state index in [1.807, 2.05) is 29.6 Å². The Balaban J connectivity index is 1.70. The van der Waals surface area contributed by atoms with Gasteiger partial charge in [0.25, 0.3) is 0 Å². The molecule has 0 spiro atoms. The Morgan fingerprint density at radius 2 is 1.96 bits per heavy atom. The van der Waals surface area contributed by atoms with E-state index in [4.69, 9.17) is 16.3 Å². The van der Waals surface area contributed by atoms with Gasteiger partial charge in [0.2, 0.25) is 0 Å². The van der Waals surface area contributed by atoms with Crippen LogP contribution in [0.25, 0.3) is 11.3 Å². The number of thiazole rings is 1. The van der Waals surface area contributed by atoms with Crippen LogP contribution >= 0.6 is 38.9 Å². The molecule has 0 aliphatic carbocycles. The average molecular weight is 439 g/mol. The van der Waals surface area contributed by atoms with Crippen molar-refractivity contribution in [1.29, 1.82) is 0 Å². The lowest BCUT2D eigenvalue weighted by molar-refractivity contribution is 0.262. The predicted octanol–water partition coefficient (Wildman–Crippen LogP) is 5.88. The summed E-state index contributed by atoms with van der Waals surface area (Å²) < 4.78 is 6.20. The highest BCUT2D eigenvalue weighted by atomic mass is 79.9. The Labute approximate surface area is 162 Å². The summed E-state index contributed by atoms with van der Waals surface area (Å²) in [7, 11) is 1.53. The van der Waals surface area contributed by atoms with Gasteiger partial charge in [0.1, 0.15) is 5.75 Å². The molecule has 0 radical (unpaired) electrons. The summed E-state index contributed by atoms with van der Waals surface area (Å²) in [5, 5.41) is 8.31. The highest BCUT2D eigenvalue weighted by Crippen LogP contribution is 2.29. The maximum Gasteiger partial charge on any atom is 0.325 e. The van der Waals surface area contributed by atoms with Crippen LogP contribution in [0.5, 0.6) is 5.75 Å². The molecule has 0 saturated heterocycles. The van der Waals surface area contributed by atoms with Gasteiger partial charge in [0.05, 0.1) is 18.5 Å². The number of benzene rings is 2. The van der Waals surface area contributed by atoms with Gasteiger partial charge < -0.3 is 10.1 Å². The maximum atomic E-state index is 12.2. The Morgan fingerprint density at radius 3 is 2.68 bits per heavy atom. The number of anilines is 2. The zero-order valence-corrected chi connectivity index (χ0v) is 16.2. The van der Waals surface area contributed by atoms with E-state index in [1.165, 1.54) is 18.4 Å². The molecule has 0 unspecified atom stereocenters. The van der Waals surface area contributed by atoms with Crippen molar-refractivity contribution in [2.75, 3.05) is 17.7 Å². The average Bonchev–Trinajstić information content (AvgIpc) is 3.04. The molecule has 3 rings (SSSR count). The minimum Gasteiger partial charge on any atom is -0.495 e. The van der Waals surface area contributed by atoms with Crippen molar-refractivity contribution in [2.24, 2.45) is 0 Å². The first kappa shape index (κ1) is 17.7. The van der Waals surface area contributed by atoms with Crippen LogP contribution < -0.4 is 15.4 Å². The second kappa shape index (κ2) is 7.86. The molecule has 128 valence electrons. The fourth-order valence-electron chi connectivity index (χ4n) is 2.11. The largest absolute Gasteiger partial charge is 0.495 e. The van der Waals surface area contributed by atoms with Crippen LogP contribution in [-0.2, 0) is 0 Å². The number of amides is 2. The van der Waals surface area contributed by atoms with Gasteiger partial charge in [-0.05, 0) is 30.3 Å². The first-order valence-corrected chi connectivity index (χ1v) is 9.23. The maximum absolute atomic E-state index is 12.2. The van der Waals surface area contributed by atoms with Gasteiger partial charge in [-0.25, -0.2) is 9.78 Å². The summed E-state index contributed by atoms with van der Waals surface area (Å²) in [6, 6.07) is 12.4. The molecule has 5 nitrogen and oxygen atoms in total. The summed E-state index contributed by atoms with van der Waals surface area (Å²) in [6.45, 7) is 0. The first-order chi connectivity index (χ1) is 12.0. The van der Waals surface area contributed by atoms with Crippen molar-refractivity contribution in [3.05, 3.63) is 57.3 Å². The molecule has 2 N–H and O–H groups in total. The molecular weight excluding hydrogens is 426 g/mol. The number of hydrogen-bond donors (Lipinski definition) is 2. The normalized spacial score (nSPS) is 10.4. The Bertz CT molecular complexity index is 899. The molecule has 1 aromatic heterocycles. The van der Waals surface area contributed by atoms with E-state index in [0.717, 1.165) is 15.7 Å². The predicted molar refractivity (Wildman–Crippen MR) is 106 cm³/mol. The number of urea groups is 1. The summed E-state index contributed by atoms with van der Waals surface area (Å²) in [5.74, 6) is 0.522. The van der Waals surface area contributed by atoms with E-state index in [2.05, 4.69) is 31.5 Å². The van der Waals surface area contributed by atoms with Gasteiger partial charge in [0, 0.05) is 20.4 Å². The number of nitrogens with one attached hydrogen (secondary N) is 2. The number of methoxy groups -OCH3 is 1. The number of ether oxygens (including phenoxy) is 1. The summed E-state index contributed by atoms with van der Waals surface area (Å²) in [6.07, 6.45) is 0. The van der Waals surface area contributed by atoms with E-state index in [9.17, 15) is 4.79 Å². The number of carbonyl (C=O) groups excluding carboxylic acids is 1. The standard InChI is InChI=1S/C17H13BrClN3O2S/c1-24-15-7-6-12(19)8-13(15)20-16(23)22-17-21-14(9-25-17)10-2-4-11(18)5-3-10/h2-9H,1H3,(H2,20,21,22,23). The van der Waals surface area contributed by atoms with Crippen LogP contribution in [0.3, 0.4) is 0 Å². The van der Waals surface area contributed by atoms with Crippen LogP contribution in [0.15, 0.2) is 52.3 Å². The van der Waals surface area contributed by atoms with Crippen molar-refractivity contribution in [2.45, 2.75) is 0 Å². The third kappa shape index (κ3) is 4.50. The lowest BCUT2D eigenvalue weighted by Gasteiger charge is -2.10. The third-order valence-corrected chi connectivity index (χ3v) is 4.80. The molecule has 1 heterocycles. The van der Waals surface area contributed by atoms with E-state index >= 15 is 0 Å². The van der Waals surface area contributed by atoms with Gasteiger partial charge in [-0.15, -0.1) is 11.3 Å². The van der Waals surface area contributed by atoms with Gasteiger partial charge in [-0.1, -0.05) is 39.7 Å². The van der Waals surface area contributed by atoms with Gasteiger partial charge in [-0.3, -0.25) is 5.32 Å². The van der Waals surface area contributed by atoms with Crippen molar-refractivity contribution in [1.82, 2.24) is 4.98 Å². The second-order valence-corrected chi connectivity index (χ2v) is 7.18. The van der Waals surface area contributed by atoms with Crippen LogP contribution in [0.4, 0.5) is 15.6 Å². The Kier molecular flexibility index (Phi) is 5.57. The topological polar surface area (TPSA) is 63.2 Å². The minimum absolute atomic E-state index is 0.419. The molecule has 0 saturated carbocycles. The number of nitrogens with zero attached hydrogens (tertiary/aromatic N) is 1. The first-order valence-electron chi connectivity index (χ1n) is 7.18. The molecule has 0 aliphatic heterocycles. The summed E-state index contributed by atoms with van der Waals surface area (Å²) in [5.41, 5.74) is 2.26. The van der Waals surface area contributed by atoms with Gasteiger partial charge in [-0.2, -0.15) is 0 Å². The van der Waals surface area contributed by atoms with E-state index in [1.54, 1.807) is 18.2 Å². The second-order valence-electron chi connectivity index (χ2n) is 4.97. The highest BCUT2D eigenvalue weighted by Gasteiger charge is 2.11. The van der Waals surface area contributed by atoms with E-state index in [-0.39, 0.29) is 0 Å². The SMILES string of the molecule is COc1ccc(Cl)cc1NC(=O)Nc1nc(-c2ccc(Br)cc2)cs1. The molecule has 0 bridgehead atoms. The Hall–Kier alpha value is -2.09. The zero-order chi connectivity index (χ0) is 17.8. The Morgan fingerprint density at radius 1 is 1.20 bits per heavy atom. The molecule has 0 atom stereocenters. The van der Waals surface area contributed by atoms with Crippen molar-refractivity contribution < 1.29 is 9.53 Å². The summed E-state index contributed by atoms with van der Waals surface area (Å²) >= 11 is 10.7. The zero-order valence-electron chi connectivity index (χ0n) is 13.0. The number of aromatic nitrogens is 1. The van der Waals surface area contributed by atoms with Crippen LogP contribution in [0, 0.1) is 0 Å². The smallest absolute Gasteiger partial charge is 0.325 e. The van der Waals surface area contributed by atoms with Gasteiger partial charge in [0.15, 0.2) is 5.13 Å². The van der Waals surface area contributed by atoms with Crippen molar-refractivity contribution in [3.8, 4) is 17.0 Å². The fourth-order valence-corrected chi connectivity index (χ4v) is 3.26. The molecule has 0 aliphatic rings. The number of rotatable bonds is 4. The van der Waals surface area contributed by atoms with Gasteiger partial charge >= 0.3 is 6.03 Å². The van der Waals surface area contributed by atoms with Crippen molar-refractivity contribution >= 4 is 55.7 Å². The molecule has 8 heteroatoms. The highest BCUT2D eigenvalue weighted by molar-refractivity contribution is 9.10. The summed E-state index contributed by atoms with van der Waals surface area (Å²) in [4.78, 5) is 16.6. The number of hydrogen-bond acceptors (Lipinski definition) is 4. The lowest BCUT2D eigenvalue weighted by atomic mass is 10.2. The monoisotopic (exact) mass is 437 g/mol. The minimum atomic E-state index is -0.419. The van der Waals surface area contributed by atoms with E-state index < -0.39 is 6.03 Å². The number of carbonyl (C=O) groups is 1.